The van der Waals surface area contributed by atoms with Crippen LogP contribution in [-0.4, -0.2) is 42.9 Å². The molecule has 0 saturated carbocycles. The molecule has 2 heterocycles. The average molecular weight is 274 g/mol. The van der Waals surface area contributed by atoms with Gasteiger partial charge in [0.05, 0.1) is 5.56 Å². The second kappa shape index (κ2) is 7.34. The fourth-order valence-corrected chi connectivity index (χ4v) is 1.85. The summed E-state index contributed by atoms with van der Waals surface area (Å²) in [5.41, 5.74) is 0.141. The van der Waals surface area contributed by atoms with Crippen molar-refractivity contribution in [1.29, 1.82) is 0 Å². The van der Waals surface area contributed by atoms with E-state index in [1.54, 1.807) is 0 Å². The van der Waals surface area contributed by atoms with Gasteiger partial charge >= 0.3 is 5.69 Å². The molecule has 1 unspecified atom stereocenters. The average Bonchev–Trinajstić information content (AvgIpc) is 2.77. The van der Waals surface area contributed by atoms with E-state index in [0.717, 1.165) is 6.42 Å². The second-order valence-electron chi connectivity index (χ2n) is 3.74. The molecule has 1 saturated heterocycles. The van der Waals surface area contributed by atoms with E-state index in [1.807, 2.05) is 0 Å². The number of aromatic amines is 1. The number of aliphatic hydroxyl groups excluding tert-OH is 1. The number of hydrogen-bond acceptors (Lipinski definition) is 4. The first-order valence-electron chi connectivity index (χ1n) is 5.57. The lowest BCUT2D eigenvalue weighted by molar-refractivity contribution is 0.0340. The standard InChI is InChI=1S/C10H9BN2O2S.CH3BO/c1-2-6-5-13(10(14)12-9(6)16)8-4-3-7(11)15-8;2-1-3/h1,5,7-8H,3-4H2,(H,12,14,16);3H,1H2/t7-,8?;/m0./s1. The summed E-state index contributed by atoms with van der Waals surface area (Å²) in [6.45, 7) is -0.250. The van der Waals surface area contributed by atoms with Crippen molar-refractivity contribution in [2.24, 2.45) is 0 Å². The van der Waals surface area contributed by atoms with Crippen LogP contribution in [0.25, 0.3) is 0 Å². The third-order valence-corrected chi connectivity index (χ3v) is 2.79. The normalized spacial score (nSPS) is 21.3. The minimum absolute atomic E-state index is 0.250. The highest BCUT2D eigenvalue weighted by Crippen LogP contribution is 2.25. The lowest BCUT2D eigenvalue weighted by Crippen LogP contribution is -2.27. The monoisotopic (exact) mass is 274 g/mol. The Kier molecular flexibility index (Phi) is 6.09. The summed E-state index contributed by atoms with van der Waals surface area (Å²) in [5, 5.41) is 7.35. The van der Waals surface area contributed by atoms with E-state index in [0.29, 0.717) is 12.0 Å². The number of aromatic nitrogens is 2. The second-order valence-corrected chi connectivity index (χ2v) is 4.15. The smallest absolute Gasteiger partial charge is 0.328 e. The van der Waals surface area contributed by atoms with Gasteiger partial charge in [-0.2, -0.15) is 0 Å². The van der Waals surface area contributed by atoms with E-state index in [1.165, 1.54) is 10.8 Å². The first kappa shape index (κ1) is 15.8. The molecule has 0 aliphatic carbocycles. The Balaban J connectivity index is 0.000000550. The van der Waals surface area contributed by atoms with Crippen molar-refractivity contribution in [3.63, 3.8) is 0 Å². The van der Waals surface area contributed by atoms with E-state index in [2.05, 4.69) is 18.8 Å². The highest BCUT2D eigenvalue weighted by molar-refractivity contribution is 7.71. The van der Waals surface area contributed by atoms with Crippen molar-refractivity contribution in [2.75, 3.05) is 6.51 Å². The molecule has 1 aliphatic rings. The fourth-order valence-electron chi connectivity index (χ4n) is 1.65. The topological polar surface area (TPSA) is 67.2 Å². The Hall–Kier alpha value is -1.29. The molecule has 1 aromatic heterocycles. The van der Waals surface area contributed by atoms with Crippen LogP contribution in [0.3, 0.4) is 0 Å². The molecule has 2 atom stereocenters. The quantitative estimate of drug-likeness (QED) is 0.422. The number of nitrogens with one attached hydrogen (secondary N) is 1. The number of ether oxygens (including phenoxy) is 1. The zero-order valence-electron chi connectivity index (χ0n) is 10.2. The van der Waals surface area contributed by atoms with Crippen molar-refractivity contribution in [3.05, 3.63) is 26.9 Å². The number of H-pyrrole nitrogens is 1. The van der Waals surface area contributed by atoms with E-state index >= 15 is 0 Å². The zero-order valence-corrected chi connectivity index (χ0v) is 11.0. The van der Waals surface area contributed by atoms with Gasteiger partial charge in [-0.1, -0.05) is 18.1 Å². The number of nitrogens with zero attached hydrogens (tertiary/aromatic N) is 1. The molecule has 96 valence electrons. The molecule has 0 aromatic carbocycles. The number of rotatable bonds is 1. The summed E-state index contributed by atoms with van der Waals surface area (Å²) in [4.78, 5) is 14.2. The van der Waals surface area contributed by atoms with Crippen LogP contribution in [0.2, 0.25) is 0 Å². The van der Waals surface area contributed by atoms with Crippen LogP contribution in [0.15, 0.2) is 11.0 Å². The number of aliphatic hydroxyl groups is 1. The maximum absolute atomic E-state index is 11.7. The Labute approximate surface area is 118 Å². The van der Waals surface area contributed by atoms with Gasteiger partial charge in [-0.15, -0.1) is 6.42 Å². The third-order valence-electron chi connectivity index (χ3n) is 2.46. The molecule has 2 rings (SSSR count). The van der Waals surface area contributed by atoms with Gasteiger partial charge in [0.25, 0.3) is 0 Å². The summed E-state index contributed by atoms with van der Waals surface area (Å²) < 4.78 is 7.06. The van der Waals surface area contributed by atoms with Crippen LogP contribution in [0, 0.1) is 17.0 Å². The van der Waals surface area contributed by atoms with Crippen molar-refractivity contribution in [2.45, 2.75) is 25.1 Å². The minimum Gasteiger partial charge on any atom is -0.406 e. The maximum atomic E-state index is 11.7. The summed E-state index contributed by atoms with van der Waals surface area (Å²) in [5.74, 6) is 2.42. The molecule has 1 aromatic rings. The van der Waals surface area contributed by atoms with Crippen molar-refractivity contribution < 1.29 is 9.84 Å². The van der Waals surface area contributed by atoms with E-state index < -0.39 is 0 Å². The molecule has 8 heteroatoms. The van der Waals surface area contributed by atoms with E-state index in [4.69, 9.17) is 36.3 Å². The summed E-state index contributed by atoms with van der Waals surface area (Å²) in [6, 6.07) is -0.325. The molecular formula is C11H12B2N2O3S. The predicted molar refractivity (Wildman–Crippen MR) is 75.6 cm³/mol. The lowest BCUT2D eigenvalue weighted by Gasteiger charge is -2.14. The molecule has 0 spiro atoms. The summed E-state index contributed by atoms with van der Waals surface area (Å²) in [7, 11) is 10.0. The van der Waals surface area contributed by atoms with Crippen molar-refractivity contribution >= 4 is 27.9 Å². The molecule has 4 radical (unpaired) electrons. The Morgan fingerprint density at radius 1 is 1.68 bits per heavy atom. The Morgan fingerprint density at radius 2 is 2.32 bits per heavy atom. The van der Waals surface area contributed by atoms with Gasteiger partial charge in [-0.3, -0.25) is 9.55 Å². The molecule has 1 aliphatic heterocycles. The first-order chi connectivity index (χ1) is 9.03. The van der Waals surface area contributed by atoms with Gasteiger partial charge < -0.3 is 9.84 Å². The maximum Gasteiger partial charge on any atom is 0.328 e. The predicted octanol–water partition coefficient (Wildman–Crippen LogP) is -0.205. The van der Waals surface area contributed by atoms with Crippen molar-refractivity contribution in [3.8, 4) is 12.3 Å². The van der Waals surface area contributed by atoms with Crippen LogP contribution in [0.1, 0.15) is 24.6 Å². The lowest BCUT2D eigenvalue weighted by atomic mass is 9.98. The van der Waals surface area contributed by atoms with Gasteiger partial charge in [0.15, 0.2) is 0 Å². The van der Waals surface area contributed by atoms with Crippen LogP contribution in [0.4, 0.5) is 0 Å². The third kappa shape index (κ3) is 4.10. The number of terminal acetylenes is 1. The molecule has 5 nitrogen and oxygen atoms in total. The molecular weight excluding hydrogens is 262 g/mol. The van der Waals surface area contributed by atoms with Crippen LogP contribution < -0.4 is 5.69 Å². The zero-order chi connectivity index (χ0) is 14.4. The van der Waals surface area contributed by atoms with Gasteiger partial charge in [0.1, 0.15) is 26.6 Å². The van der Waals surface area contributed by atoms with Crippen LogP contribution in [0.5, 0.6) is 0 Å². The summed E-state index contributed by atoms with van der Waals surface area (Å²) >= 11 is 4.92. The molecule has 19 heavy (non-hydrogen) atoms. The highest BCUT2D eigenvalue weighted by Gasteiger charge is 2.23. The highest BCUT2D eigenvalue weighted by atomic mass is 32.1. The molecule has 0 bridgehead atoms. The number of hydrogen-bond donors (Lipinski definition) is 2. The summed E-state index contributed by atoms with van der Waals surface area (Å²) in [6.07, 6.45) is 7.86. The van der Waals surface area contributed by atoms with Crippen LogP contribution in [-0.2, 0) is 4.74 Å². The Morgan fingerprint density at radius 3 is 2.79 bits per heavy atom. The molecule has 1 fully saturated rings. The van der Waals surface area contributed by atoms with E-state index in [-0.39, 0.29) is 29.1 Å². The first-order valence-corrected chi connectivity index (χ1v) is 5.98. The van der Waals surface area contributed by atoms with E-state index in [9.17, 15) is 4.79 Å². The van der Waals surface area contributed by atoms with Crippen molar-refractivity contribution in [1.82, 2.24) is 9.55 Å². The SMILES string of the molecule is [B]CO.[B][C@@H]1CCC(n2cc(C#C)c(=S)[nH]c2=O)O1. The molecule has 0 amide bonds. The van der Waals surface area contributed by atoms with Gasteiger partial charge in [0, 0.05) is 18.7 Å². The van der Waals surface area contributed by atoms with Gasteiger partial charge in [-0.05, 0) is 12.8 Å². The fraction of sp³-hybridized carbons (Fsp3) is 0.455. The van der Waals surface area contributed by atoms with Gasteiger partial charge in [0.2, 0.25) is 0 Å². The minimum atomic E-state index is -0.360. The Bertz CT molecular complexity index is 579. The van der Waals surface area contributed by atoms with Gasteiger partial charge in [-0.25, -0.2) is 4.79 Å². The van der Waals surface area contributed by atoms with Crippen LogP contribution >= 0.6 is 12.2 Å². The largest absolute Gasteiger partial charge is 0.406 e. The molecule has 2 N–H and O–H groups in total.